The number of nitrogens with zero attached hydrogens (tertiary/aromatic N) is 2. The maximum Gasteiger partial charge on any atom is 0.186 e. The summed E-state index contributed by atoms with van der Waals surface area (Å²) in [5, 5.41) is 13.8. The first kappa shape index (κ1) is 11.5. The van der Waals surface area contributed by atoms with E-state index in [1.165, 1.54) is 28.7 Å². The summed E-state index contributed by atoms with van der Waals surface area (Å²) in [7, 11) is 0. The number of hydrogen-bond donors (Lipinski definition) is 1. The summed E-state index contributed by atoms with van der Waals surface area (Å²) in [5.74, 6) is 0. The highest BCUT2D eigenvalue weighted by molar-refractivity contribution is 7.19. The largest absolute Gasteiger partial charge is 0.372 e. The number of rotatable bonds is 3. The summed E-state index contributed by atoms with van der Waals surface area (Å²) < 4.78 is 1.05. The van der Waals surface area contributed by atoms with Crippen LogP contribution in [0, 0.1) is 0 Å². The van der Waals surface area contributed by atoms with E-state index in [1.807, 2.05) is 29.6 Å². The molecule has 0 aliphatic heterocycles. The highest BCUT2D eigenvalue weighted by Crippen LogP contribution is 2.36. The van der Waals surface area contributed by atoms with Crippen molar-refractivity contribution in [2.24, 2.45) is 0 Å². The zero-order valence-corrected chi connectivity index (χ0v) is 11.0. The van der Waals surface area contributed by atoms with Crippen molar-refractivity contribution in [3.05, 3.63) is 58.5 Å². The fourth-order valence-electron chi connectivity index (χ4n) is 1.71. The van der Waals surface area contributed by atoms with Crippen LogP contribution in [-0.4, -0.2) is 15.1 Å². The lowest BCUT2D eigenvalue weighted by atomic mass is 10.1. The molecule has 2 aromatic heterocycles. The van der Waals surface area contributed by atoms with Gasteiger partial charge in [0.05, 0.1) is 10.2 Å². The van der Waals surface area contributed by atoms with Crippen LogP contribution in [0.3, 0.4) is 0 Å². The zero-order valence-electron chi connectivity index (χ0n) is 9.41. The summed E-state index contributed by atoms with van der Waals surface area (Å²) in [4.78, 5) is 8.65. The molecule has 0 radical (unpaired) electrons. The molecular formula is C13H10N2OS2. The molecule has 3 rings (SSSR count). The molecule has 2 heterocycles. The van der Waals surface area contributed by atoms with Crippen molar-refractivity contribution in [1.29, 1.82) is 0 Å². The Bertz CT molecular complexity index is 657. The van der Waals surface area contributed by atoms with Crippen LogP contribution < -0.4 is 0 Å². The van der Waals surface area contributed by atoms with E-state index in [-0.39, 0.29) is 0 Å². The predicted octanol–water partition coefficient (Wildman–Crippen LogP) is 3.17. The topological polar surface area (TPSA) is 46.0 Å². The van der Waals surface area contributed by atoms with Gasteiger partial charge < -0.3 is 5.11 Å². The van der Waals surface area contributed by atoms with E-state index >= 15 is 0 Å². The van der Waals surface area contributed by atoms with Gasteiger partial charge in [0.25, 0.3) is 0 Å². The summed E-state index contributed by atoms with van der Waals surface area (Å²) in [6, 6.07) is 7.81. The fraction of sp³-hybridized carbons (Fsp3) is 0.0769. The van der Waals surface area contributed by atoms with Crippen LogP contribution in [0.25, 0.3) is 10.2 Å². The van der Waals surface area contributed by atoms with Crippen molar-refractivity contribution in [3.63, 3.8) is 0 Å². The quantitative estimate of drug-likeness (QED) is 0.746. The standard InChI is InChI=1S/C13H10N2OS2/c1-2-13(16,11-14-7-8-17-11)12-15-9-5-3-4-6-10(9)18-12/h2-8,16H,1H2. The molecule has 0 aliphatic carbocycles. The van der Waals surface area contributed by atoms with Gasteiger partial charge in [0.1, 0.15) is 10.0 Å². The van der Waals surface area contributed by atoms with Crippen LogP contribution in [0.5, 0.6) is 0 Å². The molecule has 1 unspecified atom stereocenters. The van der Waals surface area contributed by atoms with Crippen LogP contribution in [0.2, 0.25) is 0 Å². The smallest absolute Gasteiger partial charge is 0.186 e. The van der Waals surface area contributed by atoms with Gasteiger partial charge >= 0.3 is 0 Å². The summed E-state index contributed by atoms with van der Waals surface area (Å²) in [6.45, 7) is 3.72. The Morgan fingerprint density at radius 1 is 1.28 bits per heavy atom. The maximum absolute atomic E-state index is 10.7. The summed E-state index contributed by atoms with van der Waals surface area (Å²) >= 11 is 2.85. The summed E-state index contributed by atoms with van der Waals surface area (Å²) in [6.07, 6.45) is 3.16. The van der Waals surface area contributed by atoms with E-state index in [1.54, 1.807) is 6.20 Å². The first-order chi connectivity index (χ1) is 8.74. The van der Waals surface area contributed by atoms with Gasteiger partial charge in [-0.2, -0.15) is 0 Å². The Morgan fingerprint density at radius 2 is 2.11 bits per heavy atom. The van der Waals surface area contributed by atoms with Crippen LogP contribution >= 0.6 is 22.7 Å². The van der Waals surface area contributed by atoms with E-state index in [4.69, 9.17) is 0 Å². The van der Waals surface area contributed by atoms with E-state index in [9.17, 15) is 5.11 Å². The third kappa shape index (κ3) is 1.68. The summed E-state index contributed by atoms with van der Waals surface area (Å²) in [5.41, 5.74) is -0.410. The van der Waals surface area contributed by atoms with E-state index < -0.39 is 5.60 Å². The lowest BCUT2D eigenvalue weighted by Crippen LogP contribution is -2.23. The second-order valence-electron chi connectivity index (χ2n) is 3.79. The third-order valence-corrected chi connectivity index (χ3v) is 4.73. The second kappa shape index (κ2) is 4.28. The molecule has 1 aromatic carbocycles. The highest BCUT2D eigenvalue weighted by atomic mass is 32.1. The molecule has 1 N–H and O–H groups in total. The number of aliphatic hydroxyl groups is 1. The average Bonchev–Trinajstić information content (AvgIpc) is 3.06. The van der Waals surface area contributed by atoms with Crippen LogP contribution in [0.4, 0.5) is 0 Å². The minimum Gasteiger partial charge on any atom is -0.372 e. The van der Waals surface area contributed by atoms with Crippen molar-refractivity contribution in [2.45, 2.75) is 5.60 Å². The Balaban J connectivity index is 2.20. The number of para-hydroxylation sites is 1. The van der Waals surface area contributed by atoms with E-state index in [0.29, 0.717) is 10.0 Å². The molecule has 90 valence electrons. The Hall–Kier alpha value is -1.56. The van der Waals surface area contributed by atoms with Gasteiger partial charge in [-0.1, -0.05) is 18.7 Å². The average molecular weight is 274 g/mol. The van der Waals surface area contributed by atoms with Crippen molar-refractivity contribution < 1.29 is 5.11 Å². The number of thiazole rings is 2. The molecule has 0 amide bonds. The molecule has 0 spiro atoms. The van der Waals surface area contributed by atoms with Gasteiger partial charge in [-0.3, -0.25) is 0 Å². The third-order valence-electron chi connectivity index (χ3n) is 2.67. The molecule has 0 saturated carbocycles. The first-order valence-electron chi connectivity index (χ1n) is 5.36. The normalized spacial score (nSPS) is 14.5. The minimum atomic E-state index is -1.29. The van der Waals surface area contributed by atoms with Crippen LogP contribution in [-0.2, 0) is 5.60 Å². The number of hydrogen-bond acceptors (Lipinski definition) is 5. The Morgan fingerprint density at radius 3 is 2.78 bits per heavy atom. The highest BCUT2D eigenvalue weighted by Gasteiger charge is 2.34. The van der Waals surface area contributed by atoms with Crippen molar-refractivity contribution in [1.82, 2.24) is 9.97 Å². The fourth-order valence-corrected chi connectivity index (χ4v) is 3.56. The predicted molar refractivity (Wildman–Crippen MR) is 74.9 cm³/mol. The Kier molecular flexibility index (Phi) is 2.74. The molecule has 0 aliphatic rings. The second-order valence-corrected chi connectivity index (χ2v) is 5.72. The number of aromatic nitrogens is 2. The number of benzene rings is 1. The van der Waals surface area contributed by atoms with Gasteiger partial charge in [0.15, 0.2) is 5.60 Å². The molecule has 3 nitrogen and oxygen atoms in total. The zero-order chi connectivity index (χ0) is 12.6. The van der Waals surface area contributed by atoms with Gasteiger partial charge in [-0.05, 0) is 18.2 Å². The molecule has 0 fully saturated rings. The molecular weight excluding hydrogens is 264 g/mol. The van der Waals surface area contributed by atoms with Gasteiger partial charge in [0.2, 0.25) is 0 Å². The van der Waals surface area contributed by atoms with Crippen molar-refractivity contribution >= 4 is 32.9 Å². The van der Waals surface area contributed by atoms with Crippen molar-refractivity contribution in [3.8, 4) is 0 Å². The maximum atomic E-state index is 10.7. The lowest BCUT2D eigenvalue weighted by molar-refractivity contribution is 0.134. The Labute approximate surface area is 112 Å². The van der Waals surface area contributed by atoms with E-state index in [0.717, 1.165) is 10.2 Å². The van der Waals surface area contributed by atoms with E-state index in [2.05, 4.69) is 16.5 Å². The molecule has 3 aromatic rings. The SMILES string of the molecule is C=CC(O)(c1nccs1)c1nc2ccccc2s1. The first-order valence-corrected chi connectivity index (χ1v) is 7.05. The lowest BCUT2D eigenvalue weighted by Gasteiger charge is -2.18. The van der Waals surface area contributed by atoms with Crippen molar-refractivity contribution in [2.75, 3.05) is 0 Å². The van der Waals surface area contributed by atoms with Gasteiger partial charge in [-0.25, -0.2) is 9.97 Å². The molecule has 0 bridgehead atoms. The molecule has 1 atom stereocenters. The van der Waals surface area contributed by atoms with Gasteiger partial charge in [0, 0.05) is 11.6 Å². The van der Waals surface area contributed by atoms with Gasteiger partial charge in [-0.15, -0.1) is 22.7 Å². The monoisotopic (exact) mass is 274 g/mol. The van der Waals surface area contributed by atoms with Crippen LogP contribution in [0.1, 0.15) is 10.0 Å². The van der Waals surface area contributed by atoms with Crippen LogP contribution in [0.15, 0.2) is 48.5 Å². The molecule has 0 saturated heterocycles. The molecule has 18 heavy (non-hydrogen) atoms. The molecule has 5 heteroatoms. The minimum absolute atomic E-state index is 0.594. The number of fused-ring (bicyclic) bond motifs is 1.